The summed E-state index contributed by atoms with van der Waals surface area (Å²) in [4.78, 5) is 3.86. The van der Waals surface area contributed by atoms with Crippen molar-refractivity contribution in [1.82, 2.24) is 0 Å². The molecule has 0 saturated carbocycles. The second-order valence-electron chi connectivity index (χ2n) is 5.79. The minimum atomic E-state index is 0.391. The van der Waals surface area contributed by atoms with Crippen molar-refractivity contribution < 1.29 is 9.46 Å². The van der Waals surface area contributed by atoms with E-state index in [-0.39, 0.29) is 0 Å². The summed E-state index contributed by atoms with van der Waals surface area (Å²) in [7, 11) is 7.65. The standard InChI is InChI=1S/C16H22N4O2/c1-11-13(17(3)4)7-9-19(21)15(11)16-12(2)14(18(5)6)8-10-20(16)22/h7-10H,1-6H3. The van der Waals surface area contributed by atoms with Crippen LogP contribution < -0.4 is 19.3 Å². The molecule has 0 spiro atoms. The second kappa shape index (κ2) is 5.71. The quantitative estimate of drug-likeness (QED) is 0.634. The molecule has 6 heteroatoms. The molecule has 0 saturated heterocycles. The Labute approximate surface area is 131 Å². The summed E-state index contributed by atoms with van der Waals surface area (Å²) < 4.78 is 1.52. The zero-order chi connectivity index (χ0) is 16.6. The molecule has 0 radical (unpaired) electrons. The molecule has 0 aliphatic rings. The van der Waals surface area contributed by atoms with Crippen molar-refractivity contribution in [3.63, 3.8) is 0 Å². The first kappa shape index (κ1) is 15.9. The smallest absolute Gasteiger partial charge is 0.295 e. The van der Waals surface area contributed by atoms with E-state index in [1.165, 1.54) is 12.4 Å². The number of anilines is 2. The van der Waals surface area contributed by atoms with Gasteiger partial charge in [0.15, 0.2) is 12.4 Å². The van der Waals surface area contributed by atoms with Crippen LogP contribution in [-0.2, 0) is 0 Å². The third kappa shape index (κ3) is 2.52. The molecule has 2 heterocycles. The molecule has 2 rings (SSSR count). The third-order valence-electron chi connectivity index (χ3n) is 3.84. The van der Waals surface area contributed by atoms with Crippen LogP contribution in [0.25, 0.3) is 11.4 Å². The SMILES string of the molecule is Cc1c(N(C)C)cc[n+]([O-])c1-c1c(C)c(N(C)C)cc[n+]1[O-]. The molecular weight excluding hydrogens is 280 g/mol. The zero-order valence-corrected chi connectivity index (χ0v) is 13.9. The van der Waals surface area contributed by atoms with Gasteiger partial charge in [-0.2, -0.15) is 9.46 Å². The summed E-state index contributed by atoms with van der Waals surface area (Å²) in [6.45, 7) is 3.72. The van der Waals surface area contributed by atoms with Crippen molar-refractivity contribution in [3.05, 3.63) is 46.1 Å². The highest BCUT2D eigenvalue weighted by atomic mass is 16.5. The maximum Gasteiger partial charge on any atom is 0.295 e. The summed E-state index contributed by atoms with van der Waals surface area (Å²) in [6, 6.07) is 3.51. The van der Waals surface area contributed by atoms with Gasteiger partial charge in [0.2, 0.25) is 0 Å². The van der Waals surface area contributed by atoms with E-state index >= 15 is 0 Å². The average Bonchev–Trinajstić information content (AvgIpc) is 2.41. The highest BCUT2D eigenvalue weighted by Crippen LogP contribution is 2.30. The second-order valence-corrected chi connectivity index (χ2v) is 5.79. The molecule has 0 unspecified atom stereocenters. The number of aromatic nitrogens is 2. The first-order chi connectivity index (χ1) is 10.3. The Morgan fingerprint density at radius 2 is 1.05 bits per heavy atom. The van der Waals surface area contributed by atoms with Crippen LogP contribution in [0.15, 0.2) is 24.5 Å². The van der Waals surface area contributed by atoms with Crippen LogP contribution in [0.1, 0.15) is 11.1 Å². The van der Waals surface area contributed by atoms with Crippen molar-refractivity contribution in [2.45, 2.75) is 13.8 Å². The molecule has 22 heavy (non-hydrogen) atoms. The Balaban J connectivity index is 2.82. The molecule has 0 fully saturated rings. The molecule has 0 amide bonds. The highest BCUT2D eigenvalue weighted by Gasteiger charge is 2.28. The van der Waals surface area contributed by atoms with E-state index in [2.05, 4.69) is 0 Å². The summed E-state index contributed by atoms with van der Waals surface area (Å²) in [5, 5.41) is 24.7. The van der Waals surface area contributed by atoms with Gasteiger partial charge in [-0.3, -0.25) is 0 Å². The predicted molar refractivity (Wildman–Crippen MR) is 87.9 cm³/mol. The van der Waals surface area contributed by atoms with Crippen molar-refractivity contribution in [2.24, 2.45) is 0 Å². The lowest BCUT2D eigenvalue weighted by atomic mass is 10.0. The number of hydrogen-bond acceptors (Lipinski definition) is 4. The van der Waals surface area contributed by atoms with Crippen LogP contribution in [0.3, 0.4) is 0 Å². The van der Waals surface area contributed by atoms with Gasteiger partial charge in [-0.1, -0.05) is 0 Å². The molecule has 0 N–H and O–H groups in total. The van der Waals surface area contributed by atoms with E-state index in [4.69, 9.17) is 0 Å². The van der Waals surface area contributed by atoms with Gasteiger partial charge in [0.25, 0.3) is 11.4 Å². The maximum atomic E-state index is 12.3. The summed E-state index contributed by atoms with van der Waals surface area (Å²) in [5.41, 5.74) is 4.18. The van der Waals surface area contributed by atoms with E-state index < -0.39 is 0 Å². The van der Waals surface area contributed by atoms with Crippen molar-refractivity contribution >= 4 is 11.4 Å². The first-order valence-electron chi connectivity index (χ1n) is 7.06. The van der Waals surface area contributed by atoms with E-state index in [0.717, 1.165) is 32.0 Å². The Morgan fingerprint density at radius 3 is 1.32 bits per heavy atom. The number of nitrogens with zero attached hydrogens (tertiary/aromatic N) is 4. The molecule has 6 nitrogen and oxygen atoms in total. The zero-order valence-electron chi connectivity index (χ0n) is 13.9. The van der Waals surface area contributed by atoms with Crippen LogP contribution in [0.4, 0.5) is 11.4 Å². The molecule has 0 aromatic carbocycles. The van der Waals surface area contributed by atoms with E-state index in [0.29, 0.717) is 11.4 Å². The first-order valence-corrected chi connectivity index (χ1v) is 7.06. The molecule has 0 aliphatic carbocycles. The number of rotatable bonds is 3. The van der Waals surface area contributed by atoms with Crippen LogP contribution in [0.2, 0.25) is 0 Å². The summed E-state index contributed by atoms with van der Waals surface area (Å²) in [5.74, 6) is 0. The van der Waals surface area contributed by atoms with Crippen LogP contribution in [0, 0.1) is 24.3 Å². The molecule has 0 atom stereocenters. The van der Waals surface area contributed by atoms with Gasteiger partial charge in [0.1, 0.15) is 0 Å². The monoisotopic (exact) mass is 302 g/mol. The molecular formula is C16H22N4O2. The van der Waals surface area contributed by atoms with Gasteiger partial charge in [-0.25, -0.2) is 0 Å². The topological polar surface area (TPSA) is 60.4 Å². The Bertz CT molecular complexity index is 650. The fourth-order valence-electron chi connectivity index (χ4n) is 2.78. The molecule has 118 valence electrons. The lowest BCUT2D eigenvalue weighted by Crippen LogP contribution is -2.39. The van der Waals surface area contributed by atoms with E-state index in [1.807, 2.05) is 51.8 Å². The van der Waals surface area contributed by atoms with Crippen LogP contribution >= 0.6 is 0 Å². The van der Waals surface area contributed by atoms with E-state index in [9.17, 15) is 10.4 Å². The predicted octanol–water partition coefficient (Wildman–Crippen LogP) is 1.37. The van der Waals surface area contributed by atoms with Gasteiger partial charge < -0.3 is 20.2 Å². The Kier molecular flexibility index (Phi) is 4.12. The van der Waals surface area contributed by atoms with Gasteiger partial charge in [-0.05, 0) is 13.8 Å². The van der Waals surface area contributed by atoms with Crippen LogP contribution in [-0.4, -0.2) is 28.2 Å². The van der Waals surface area contributed by atoms with Crippen molar-refractivity contribution in [2.75, 3.05) is 38.0 Å². The lowest BCUT2D eigenvalue weighted by molar-refractivity contribution is -0.625. The molecule has 0 aliphatic heterocycles. The minimum absolute atomic E-state index is 0.391. The third-order valence-corrected chi connectivity index (χ3v) is 3.84. The normalized spacial score (nSPS) is 10.6. The molecule has 2 aromatic rings. The Hall–Kier alpha value is -2.50. The van der Waals surface area contributed by atoms with Gasteiger partial charge in [0, 0.05) is 40.3 Å². The summed E-state index contributed by atoms with van der Waals surface area (Å²) in [6.07, 6.45) is 2.89. The number of pyridine rings is 2. The lowest BCUT2D eigenvalue weighted by Gasteiger charge is -2.20. The number of hydrogen-bond donors (Lipinski definition) is 0. The fourth-order valence-corrected chi connectivity index (χ4v) is 2.78. The van der Waals surface area contributed by atoms with Crippen LogP contribution in [0.5, 0.6) is 0 Å². The Morgan fingerprint density at radius 1 is 0.727 bits per heavy atom. The van der Waals surface area contributed by atoms with Gasteiger partial charge >= 0.3 is 0 Å². The minimum Gasteiger partial charge on any atom is -0.618 e. The van der Waals surface area contributed by atoms with Gasteiger partial charge in [-0.15, -0.1) is 0 Å². The fraction of sp³-hybridized carbons (Fsp3) is 0.375. The average molecular weight is 302 g/mol. The van der Waals surface area contributed by atoms with Crippen molar-refractivity contribution in [3.8, 4) is 11.4 Å². The highest BCUT2D eigenvalue weighted by molar-refractivity contribution is 5.70. The van der Waals surface area contributed by atoms with Crippen molar-refractivity contribution in [1.29, 1.82) is 0 Å². The molecule has 2 aromatic heterocycles. The van der Waals surface area contributed by atoms with Gasteiger partial charge in [0.05, 0.1) is 22.5 Å². The van der Waals surface area contributed by atoms with E-state index in [1.54, 1.807) is 12.1 Å². The molecule has 0 bridgehead atoms. The maximum absolute atomic E-state index is 12.3. The largest absolute Gasteiger partial charge is 0.618 e. The summed E-state index contributed by atoms with van der Waals surface area (Å²) >= 11 is 0.